The van der Waals surface area contributed by atoms with Gasteiger partial charge in [-0.1, -0.05) is 0 Å². The molecule has 0 unspecified atom stereocenters. The Balaban J connectivity index is 5.12. The van der Waals surface area contributed by atoms with Gasteiger partial charge in [-0.3, -0.25) is 24.2 Å². The lowest BCUT2D eigenvalue weighted by molar-refractivity contribution is -0.161. The number of carbonyl (C=O) groups excluding carboxylic acids is 3. The number of aliphatic hydroxyl groups is 1. The van der Waals surface area contributed by atoms with Crippen molar-refractivity contribution in [2.75, 3.05) is 45.9 Å². The van der Waals surface area contributed by atoms with Gasteiger partial charge in [-0.2, -0.15) is 0 Å². The van der Waals surface area contributed by atoms with E-state index in [9.17, 15) is 19.5 Å². The van der Waals surface area contributed by atoms with Gasteiger partial charge in [-0.05, 0) is 62.3 Å². The SMILES string of the molecule is CC(C)(C)OC(=O)CN(CCO)CCN(CC(=O)OC(C)(C)C)CC(=O)OC(C)(C)C. The van der Waals surface area contributed by atoms with Crippen LogP contribution < -0.4 is 0 Å². The third-order valence-electron chi connectivity index (χ3n) is 3.47. The summed E-state index contributed by atoms with van der Waals surface area (Å²) in [6.45, 7) is 16.5. The molecule has 0 heterocycles. The van der Waals surface area contributed by atoms with E-state index >= 15 is 0 Å². The van der Waals surface area contributed by atoms with Crippen LogP contribution in [0, 0.1) is 0 Å². The van der Waals surface area contributed by atoms with Crippen molar-refractivity contribution in [2.45, 2.75) is 79.1 Å². The highest BCUT2D eigenvalue weighted by Crippen LogP contribution is 2.10. The number of ether oxygens (including phenoxy) is 3. The lowest BCUT2D eigenvalue weighted by Gasteiger charge is -2.29. The summed E-state index contributed by atoms with van der Waals surface area (Å²) in [5.41, 5.74) is -1.90. The van der Waals surface area contributed by atoms with Gasteiger partial charge in [0.2, 0.25) is 0 Å². The maximum atomic E-state index is 12.3. The van der Waals surface area contributed by atoms with E-state index in [1.807, 2.05) is 0 Å². The number of aliphatic hydroxyl groups excluding tert-OH is 1. The molecule has 0 aromatic heterocycles. The van der Waals surface area contributed by atoms with Crippen LogP contribution >= 0.6 is 0 Å². The molecule has 0 aliphatic carbocycles. The summed E-state index contributed by atoms with van der Waals surface area (Å²) in [6, 6.07) is 0. The molecule has 0 atom stereocenters. The summed E-state index contributed by atoms with van der Waals surface area (Å²) in [6.07, 6.45) is 0. The minimum Gasteiger partial charge on any atom is -0.459 e. The first-order valence-corrected chi connectivity index (χ1v) is 10.6. The highest BCUT2D eigenvalue weighted by molar-refractivity contribution is 5.75. The Morgan fingerprint density at radius 3 is 1.16 bits per heavy atom. The fourth-order valence-electron chi connectivity index (χ4n) is 2.58. The van der Waals surface area contributed by atoms with Crippen LogP contribution in [0.2, 0.25) is 0 Å². The first-order chi connectivity index (χ1) is 13.9. The Morgan fingerprint density at radius 1 is 0.581 bits per heavy atom. The quantitative estimate of drug-likeness (QED) is 0.374. The Bertz CT molecular complexity index is 556. The van der Waals surface area contributed by atoms with Gasteiger partial charge in [0.1, 0.15) is 16.8 Å². The second-order valence-electron chi connectivity index (χ2n) is 10.5. The molecule has 0 rings (SSSR count). The average molecular weight is 447 g/mol. The Labute approximate surface area is 187 Å². The molecule has 9 heteroatoms. The molecule has 0 saturated carbocycles. The van der Waals surface area contributed by atoms with Crippen molar-refractivity contribution < 1.29 is 33.7 Å². The summed E-state index contributed by atoms with van der Waals surface area (Å²) in [4.78, 5) is 40.1. The summed E-state index contributed by atoms with van der Waals surface area (Å²) in [7, 11) is 0. The third-order valence-corrected chi connectivity index (χ3v) is 3.47. The predicted octanol–water partition coefficient (Wildman–Crippen LogP) is 1.61. The molecule has 0 bridgehead atoms. The van der Waals surface area contributed by atoms with Gasteiger partial charge in [0, 0.05) is 19.6 Å². The molecule has 0 aliphatic rings. The van der Waals surface area contributed by atoms with Crippen molar-refractivity contribution in [1.29, 1.82) is 0 Å². The summed E-state index contributed by atoms with van der Waals surface area (Å²) in [5.74, 6) is -1.33. The van der Waals surface area contributed by atoms with E-state index in [0.717, 1.165) is 0 Å². The van der Waals surface area contributed by atoms with Crippen LogP contribution in [0.25, 0.3) is 0 Å². The number of rotatable bonds is 11. The molecule has 0 aromatic rings. The minimum atomic E-state index is -0.645. The molecule has 1 N–H and O–H groups in total. The number of hydrogen-bond donors (Lipinski definition) is 1. The van der Waals surface area contributed by atoms with Crippen LogP contribution in [0.3, 0.4) is 0 Å². The van der Waals surface area contributed by atoms with Gasteiger partial charge in [0.15, 0.2) is 0 Å². The van der Waals surface area contributed by atoms with Crippen LogP contribution in [0.1, 0.15) is 62.3 Å². The van der Waals surface area contributed by atoms with Crippen LogP contribution in [-0.2, 0) is 28.6 Å². The smallest absolute Gasteiger partial charge is 0.320 e. The van der Waals surface area contributed by atoms with Gasteiger partial charge in [0.05, 0.1) is 26.2 Å². The molecule has 9 nitrogen and oxygen atoms in total. The van der Waals surface area contributed by atoms with Crippen molar-refractivity contribution in [1.82, 2.24) is 9.80 Å². The number of esters is 3. The van der Waals surface area contributed by atoms with Crippen LogP contribution in [0.4, 0.5) is 0 Å². The van der Waals surface area contributed by atoms with Crippen LogP contribution in [0.5, 0.6) is 0 Å². The molecule has 0 radical (unpaired) electrons. The normalized spacial score (nSPS) is 12.8. The molecule has 0 amide bonds. The molecule has 0 fully saturated rings. The van der Waals surface area contributed by atoms with E-state index in [1.54, 1.807) is 72.1 Å². The lowest BCUT2D eigenvalue weighted by Crippen LogP contribution is -2.45. The van der Waals surface area contributed by atoms with E-state index in [1.165, 1.54) is 0 Å². The first-order valence-electron chi connectivity index (χ1n) is 10.6. The van der Waals surface area contributed by atoms with Crippen molar-refractivity contribution in [2.24, 2.45) is 0 Å². The summed E-state index contributed by atoms with van der Waals surface area (Å²) >= 11 is 0. The molecule has 31 heavy (non-hydrogen) atoms. The average Bonchev–Trinajstić information content (AvgIpc) is 2.46. The van der Waals surface area contributed by atoms with Gasteiger partial charge >= 0.3 is 17.9 Å². The molecule has 0 saturated heterocycles. The Morgan fingerprint density at radius 2 is 0.871 bits per heavy atom. The number of carbonyl (C=O) groups is 3. The maximum absolute atomic E-state index is 12.3. The van der Waals surface area contributed by atoms with Crippen molar-refractivity contribution >= 4 is 17.9 Å². The van der Waals surface area contributed by atoms with E-state index < -0.39 is 34.7 Å². The van der Waals surface area contributed by atoms with Gasteiger partial charge in [0.25, 0.3) is 0 Å². The van der Waals surface area contributed by atoms with Gasteiger partial charge in [-0.25, -0.2) is 0 Å². The molecule has 182 valence electrons. The van der Waals surface area contributed by atoms with Gasteiger partial charge in [-0.15, -0.1) is 0 Å². The second-order valence-corrected chi connectivity index (χ2v) is 10.5. The molecule has 0 aliphatic heterocycles. The second kappa shape index (κ2) is 12.4. The van der Waals surface area contributed by atoms with E-state index in [2.05, 4.69) is 0 Å². The van der Waals surface area contributed by atoms with E-state index in [0.29, 0.717) is 13.1 Å². The fourth-order valence-corrected chi connectivity index (χ4v) is 2.58. The molecule has 0 spiro atoms. The highest BCUT2D eigenvalue weighted by Gasteiger charge is 2.25. The zero-order valence-corrected chi connectivity index (χ0v) is 20.7. The highest BCUT2D eigenvalue weighted by atomic mass is 16.6. The molecular weight excluding hydrogens is 404 g/mol. The summed E-state index contributed by atoms with van der Waals surface area (Å²) in [5, 5.41) is 9.34. The monoisotopic (exact) mass is 446 g/mol. The lowest BCUT2D eigenvalue weighted by atomic mass is 10.2. The minimum absolute atomic E-state index is 0.00938. The van der Waals surface area contributed by atoms with Crippen molar-refractivity contribution in [3.63, 3.8) is 0 Å². The predicted molar refractivity (Wildman–Crippen MR) is 118 cm³/mol. The zero-order valence-electron chi connectivity index (χ0n) is 20.7. The fraction of sp³-hybridized carbons (Fsp3) is 0.864. The van der Waals surface area contributed by atoms with Crippen molar-refractivity contribution in [3.8, 4) is 0 Å². The summed E-state index contributed by atoms with van der Waals surface area (Å²) < 4.78 is 16.1. The van der Waals surface area contributed by atoms with E-state index in [-0.39, 0.29) is 32.8 Å². The van der Waals surface area contributed by atoms with E-state index in [4.69, 9.17) is 14.2 Å². The molecule has 0 aromatic carbocycles. The third kappa shape index (κ3) is 17.6. The van der Waals surface area contributed by atoms with Crippen LogP contribution in [0.15, 0.2) is 0 Å². The topological polar surface area (TPSA) is 106 Å². The standard InChI is InChI=1S/C22H42N2O7/c1-20(2,3)29-17(26)14-23(12-13-25)10-11-24(15-18(27)30-21(4,5)6)16-19(28)31-22(7,8)9/h25H,10-16H2,1-9H3. The largest absolute Gasteiger partial charge is 0.459 e. The van der Waals surface area contributed by atoms with Gasteiger partial charge < -0.3 is 19.3 Å². The maximum Gasteiger partial charge on any atom is 0.320 e. The van der Waals surface area contributed by atoms with Crippen LogP contribution in [-0.4, -0.2) is 95.5 Å². The number of hydrogen-bond acceptors (Lipinski definition) is 9. The zero-order chi connectivity index (χ0) is 24.5. The molecular formula is C22H42N2O7. The number of nitrogens with zero attached hydrogens (tertiary/aromatic N) is 2. The Kier molecular flexibility index (Phi) is 11.7. The van der Waals surface area contributed by atoms with Crippen molar-refractivity contribution in [3.05, 3.63) is 0 Å². The Hall–Kier alpha value is -1.71. The first kappa shape index (κ1) is 29.3.